The maximum absolute atomic E-state index is 12.3. The number of fused-ring (bicyclic) bond motifs is 3. The Labute approximate surface area is 176 Å². The molecule has 0 heterocycles. The van der Waals surface area contributed by atoms with Gasteiger partial charge in [0.1, 0.15) is 12.1 Å². The smallest absolute Gasteiger partial charge is 0.421 e. The van der Waals surface area contributed by atoms with E-state index in [0.29, 0.717) is 0 Å². The van der Waals surface area contributed by atoms with Crippen molar-refractivity contribution >= 4 is 12.1 Å². The molecular formula is C24H28N2O4. The summed E-state index contributed by atoms with van der Waals surface area (Å²) in [4.78, 5) is 23.9. The van der Waals surface area contributed by atoms with Crippen LogP contribution in [0.2, 0.25) is 0 Å². The van der Waals surface area contributed by atoms with Crippen LogP contribution in [0.5, 0.6) is 0 Å². The van der Waals surface area contributed by atoms with Gasteiger partial charge in [0.2, 0.25) is 0 Å². The van der Waals surface area contributed by atoms with Crippen LogP contribution in [-0.4, -0.2) is 29.3 Å². The van der Waals surface area contributed by atoms with Crippen molar-refractivity contribution in [3.05, 3.63) is 71.8 Å². The average molecular weight is 408 g/mol. The molecule has 0 saturated heterocycles. The molecule has 1 aliphatic rings. The highest BCUT2D eigenvalue weighted by molar-refractivity contribution is 5.81. The molecule has 6 nitrogen and oxygen atoms in total. The lowest BCUT2D eigenvalue weighted by Crippen LogP contribution is -2.56. The standard InChI is InChI=1S/C24H28N2O4/c1-3-4-5-10-15-24(2,22(27)28)26-25-23(29)30-16-21-19-13-8-6-11-17(19)18-12-7-9-14-20(18)21/h6-15,21,26H,3-5,16H2,1-2H3,(H,25,29)(H,27,28)/t24-/m1/s1. The molecule has 0 unspecified atom stereocenters. The fourth-order valence-corrected chi connectivity index (χ4v) is 3.62. The van der Waals surface area contributed by atoms with Crippen molar-refractivity contribution in [2.45, 2.75) is 44.6 Å². The van der Waals surface area contributed by atoms with Gasteiger partial charge in [0, 0.05) is 5.92 Å². The maximum atomic E-state index is 12.3. The molecule has 3 N–H and O–H groups in total. The highest BCUT2D eigenvalue weighted by Gasteiger charge is 2.32. The van der Waals surface area contributed by atoms with Crippen molar-refractivity contribution in [2.24, 2.45) is 0 Å². The molecule has 1 aliphatic carbocycles. The quantitative estimate of drug-likeness (QED) is 0.320. The summed E-state index contributed by atoms with van der Waals surface area (Å²) in [7, 11) is 0. The van der Waals surface area contributed by atoms with E-state index < -0.39 is 17.6 Å². The Bertz CT molecular complexity index is 895. The fraction of sp³-hybridized carbons (Fsp3) is 0.333. The van der Waals surface area contributed by atoms with Gasteiger partial charge in [0.25, 0.3) is 0 Å². The maximum Gasteiger partial charge on any atom is 0.421 e. The third kappa shape index (κ3) is 4.71. The first-order valence-electron chi connectivity index (χ1n) is 10.3. The Morgan fingerprint density at radius 1 is 1.10 bits per heavy atom. The molecule has 158 valence electrons. The Kier molecular flexibility index (Phi) is 6.90. The first kappa shape index (κ1) is 21.6. The number of hydrazine groups is 1. The van der Waals surface area contributed by atoms with Gasteiger partial charge >= 0.3 is 12.1 Å². The number of carbonyl (C=O) groups is 2. The van der Waals surface area contributed by atoms with Crippen molar-refractivity contribution in [1.29, 1.82) is 0 Å². The highest BCUT2D eigenvalue weighted by atomic mass is 16.6. The molecule has 6 heteroatoms. The van der Waals surface area contributed by atoms with Crippen LogP contribution in [0.3, 0.4) is 0 Å². The minimum absolute atomic E-state index is 0.0528. The van der Waals surface area contributed by atoms with Gasteiger partial charge in [-0.1, -0.05) is 80.4 Å². The number of allylic oxidation sites excluding steroid dienone is 1. The number of aliphatic carboxylic acids is 1. The Balaban J connectivity index is 1.61. The van der Waals surface area contributed by atoms with E-state index in [4.69, 9.17) is 4.74 Å². The number of unbranched alkanes of at least 4 members (excludes halogenated alkanes) is 2. The van der Waals surface area contributed by atoms with Gasteiger partial charge in [-0.3, -0.25) is 5.43 Å². The van der Waals surface area contributed by atoms with E-state index in [-0.39, 0.29) is 12.5 Å². The highest BCUT2D eigenvalue weighted by Crippen LogP contribution is 2.44. The summed E-state index contributed by atoms with van der Waals surface area (Å²) in [6, 6.07) is 16.2. The summed E-state index contributed by atoms with van der Waals surface area (Å²) >= 11 is 0. The SMILES string of the molecule is CCCCC=C[C@@](C)(NNC(=O)OCC1c2ccccc2-c2ccccc21)C(=O)O. The van der Waals surface area contributed by atoms with Gasteiger partial charge in [-0.25, -0.2) is 15.0 Å². The van der Waals surface area contributed by atoms with Crippen LogP contribution in [0.15, 0.2) is 60.7 Å². The molecule has 0 fully saturated rings. The van der Waals surface area contributed by atoms with E-state index in [1.54, 1.807) is 6.08 Å². The zero-order chi connectivity index (χ0) is 21.6. The van der Waals surface area contributed by atoms with Crippen molar-refractivity contribution in [3.63, 3.8) is 0 Å². The number of nitrogens with one attached hydrogen (secondary N) is 2. The minimum atomic E-state index is -1.42. The summed E-state index contributed by atoms with van der Waals surface area (Å²) in [5, 5.41) is 9.52. The van der Waals surface area contributed by atoms with E-state index in [0.717, 1.165) is 41.5 Å². The average Bonchev–Trinajstić information content (AvgIpc) is 3.07. The van der Waals surface area contributed by atoms with Crippen LogP contribution in [0, 0.1) is 0 Å². The zero-order valence-corrected chi connectivity index (χ0v) is 17.4. The number of carbonyl (C=O) groups excluding carboxylic acids is 1. The summed E-state index contributed by atoms with van der Waals surface area (Å²) < 4.78 is 5.43. The third-order valence-corrected chi connectivity index (χ3v) is 5.39. The van der Waals surface area contributed by atoms with Crippen molar-refractivity contribution < 1.29 is 19.4 Å². The summed E-state index contributed by atoms with van der Waals surface area (Å²) in [5.41, 5.74) is 8.07. The van der Waals surface area contributed by atoms with E-state index >= 15 is 0 Å². The Morgan fingerprint density at radius 2 is 1.70 bits per heavy atom. The lowest BCUT2D eigenvalue weighted by molar-refractivity contribution is -0.142. The van der Waals surface area contributed by atoms with Crippen LogP contribution in [0.1, 0.15) is 50.2 Å². The number of amides is 1. The van der Waals surface area contributed by atoms with Crippen molar-refractivity contribution in [1.82, 2.24) is 10.9 Å². The molecule has 1 amide bonds. The van der Waals surface area contributed by atoms with Crippen LogP contribution in [-0.2, 0) is 9.53 Å². The molecule has 30 heavy (non-hydrogen) atoms. The van der Waals surface area contributed by atoms with Crippen molar-refractivity contribution in [3.8, 4) is 11.1 Å². The first-order chi connectivity index (χ1) is 14.5. The van der Waals surface area contributed by atoms with Gasteiger partial charge in [0.05, 0.1) is 0 Å². The zero-order valence-electron chi connectivity index (χ0n) is 17.4. The molecule has 0 radical (unpaired) electrons. The number of hydrogen-bond acceptors (Lipinski definition) is 4. The fourth-order valence-electron chi connectivity index (χ4n) is 3.62. The summed E-state index contributed by atoms with van der Waals surface area (Å²) in [6.07, 6.45) is 5.43. The lowest BCUT2D eigenvalue weighted by atomic mass is 9.98. The van der Waals surface area contributed by atoms with Gasteiger partial charge < -0.3 is 9.84 Å². The molecule has 0 spiro atoms. The van der Waals surface area contributed by atoms with Gasteiger partial charge in [-0.2, -0.15) is 0 Å². The molecule has 3 rings (SSSR count). The van der Waals surface area contributed by atoms with Crippen molar-refractivity contribution in [2.75, 3.05) is 6.61 Å². The van der Waals surface area contributed by atoms with Crippen LogP contribution in [0.25, 0.3) is 11.1 Å². The summed E-state index contributed by atoms with van der Waals surface area (Å²) in [6.45, 7) is 3.72. The second-order valence-electron chi connectivity index (χ2n) is 7.63. The number of hydrogen-bond donors (Lipinski definition) is 3. The van der Waals surface area contributed by atoms with E-state index in [1.165, 1.54) is 6.92 Å². The molecular weight excluding hydrogens is 380 g/mol. The lowest BCUT2D eigenvalue weighted by Gasteiger charge is -2.23. The second-order valence-corrected chi connectivity index (χ2v) is 7.63. The largest absolute Gasteiger partial charge is 0.480 e. The van der Waals surface area contributed by atoms with Gasteiger partial charge in [0.15, 0.2) is 0 Å². The van der Waals surface area contributed by atoms with Gasteiger partial charge in [-0.15, -0.1) is 0 Å². The molecule has 0 bridgehead atoms. The number of benzene rings is 2. The molecule has 0 aromatic heterocycles. The van der Waals surface area contributed by atoms with Crippen LogP contribution < -0.4 is 10.9 Å². The molecule has 2 aromatic carbocycles. The Hall–Kier alpha value is -3.12. The molecule has 1 atom stereocenters. The van der Waals surface area contributed by atoms with E-state index in [2.05, 4.69) is 29.9 Å². The summed E-state index contributed by atoms with van der Waals surface area (Å²) in [5.74, 6) is -1.14. The van der Waals surface area contributed by atoms with Gasteiger partial charge in [-0.05, 0) is 35.6 Å². The second kappa shape index (κ2) is 9.59. The normalized spacial score (nSPS) is 14.7. The first-order valence-corrected chi connectivity index (χ1v) is 10.3. The number of carboxylic acid groups (broad SMARTS) is 1. The minimum Gasteiger partial charge on any atom is -0.480 e. The molecule has 0 aliphatic heterocycles. The number of carboxylic acids is 1. The number of ether oxygens (including phenoxy) is 1. The Morgan fingerprint density at radius 3 is 2.27 bits per heavy atom. The van der Waals surface area contributed by atoms with Crippen LogP contribution in [0.4, 0.5) is 4.79 Å². The van der Waals surface area contributed by atoms with E-state index in [1.807, 2.05) is 42.5 Å². The predicted molar refractivity (Wildman–Crippen MR) is 116 cm³/mol. The molecule has 0 saturated carbocycles. The molecule has 2 aromatic rings. The monoisotopic (exact) mass is 408 g/mol. The predicted octanol–water partition coefficient (Wildman–Crippen LogP) is 4.62. The topological polar surface area (TPSA) is 87.7 Å². The van der Waals surface area contributed by atoms with E-state index in [9.17, 15) is 14.7 Å². The van der Waals surface area contributed by atoms with Crippen LogP contribution >= 0.6 is 0 Å². The number of rotatable bonds is 9. The third-order valence-electron chi connectivity index (χ3n) is 5.39.